The number of rotatable bonds is 5. The Morgan fingerprint density at radius 2 is 1.90 bits per heavy atom. The highest BCUT2D eigenvalue weighted by atomic mass is 16.5. The maximum Gasteiger partial charge on any atom is 0.164 e. The van der Waals surface area contributed by atoms with Crippen LogP contribution in [-0.2, 0) is 0 Å². The first-order valence-corrected chi connectivity index (χ1v) is 7.64. The van der Waals surface area contributed by atoms with Crippen LogP contribution in [0, 0.1) is 0 Å². The smallest absolute Gasteiger partial charge is 0.164 e. The zero-order valence-electron chi connectivity index (χ0n) is 13.5. The highest BCUT2D eigenvalue weighted by molar-refractivity contribution is 5.96. The number of ketones is 1. The van der Waals surface area contributed by atoms with E-state index in [-0.39, 0.29) is 11.9 Å². The number of likely N-dealkylation sites (N-methyl/N-ethyl adjacent to an activating group) is 2. The van der Waals surface area contributed by atoms with Gasteiger partial charge < -0.3 is 14.5 Å². The van der Waals surface area contributed by atoms with Crippen molar-refractivity contribution in [1.82, 2.24) is 9.80 Å². The van der Waals surface area contributed by atoms with Crippen LogP contribution in [0.15, 0.2) is 24.3 Å². The molecule has 1 aromatic carbocycles. The van der Waals surface area contributed by atoms with Crippen molar-refractivity contribution in [2.75, 3.05) is 33.7 Å². The third-order valence-electron chi connectivity index (χ3n) is 3.95. The molecule has 1 aliphatic heterocycles. The van der Waals surface area contributed by atoms with Gasteiger partial charge in [-0.3, -0.25) is 4.79 Å². The summed E-state index contributed by atoms with van der Waals surface area (Å²) in [6.07, 6.45) is 0.726. The predicted octanol–water partition coefficient (Wildman–Crippen LogP) is 2.29. The molecule has 4 nitrogen and oxygen atoms in total. The Balaban J connectivity index is 1.96. The number of ether oxygens (including phenoxy) is 1. The monoisotopic (exact) mass is 290 g/mol. The largest absolute Gasteiger partial charge is 0.491 e. The van der Waals surface area contributed by atoms with E-state index >= 15 is 0 Å². The van der Waals surface area contributed by atoms with Gasteiger partial charge in [0.2, 0.25) is 0 Å². The second-order valence-electron chi connectivity index (χ2n) is 6.21. The lowest BCUT2D eigenvalue weighted by Crippen LogP contribution is -2.50. The first-order valence-electron chi connectivity index (χ1n) is 7.64. The van der Waals surface area contributed by atoms with E-state index in [0.29, 0.717) is 12.5 Å². The van der Waals surface area contributed by atoms with Crippen LogP contribution in [0.5, 0.6) is 5.75 Å². The second kappa shape index (κ2) is 7.05. The highest BCUT2D eigenvalue weighted by Crippen LogP contribution is 2.17. The van der Waals surface area contributed by atoms with E-state index in [0.717, 1.165) is 30.9 Å². The van der Waals surface area contributed by atoms with Crippen LogP contribution in [0.2, 0.25) is 0 Å². The number of hydrogen-bond acceptors (Lipinski definition) is 4. The molecule has 1 saturated heterocycles. The lowest BCUT2D eigenvalue weighted by molar-refractivity contribution is 0.0810. The van der Waals surface area contributed by atoms with Crippen LogP contribution in [-0.4, -0.2) is 61.5 Å². The van der Waals surface area contributed by atoms with Gasteiger partial charge in [-0.2, -0.15) is 0 Å². The molecule has 4 heteroatoms. The third-order valence-corrected chi connectivity index (χ3v) is 3.95. The number of hydrogen-bond donors (Lipinski definition) is 0. The fourth-order valence-corrected chi connectivity index (χ4v) is 2.65. The maximum atomic E-state index is 12.4. The summed E-state index contributed by atoms with van der Waals surface area (Å²) in [6, 6.07) is 7.80. The average molecular weight is 290 g/mol. The highest BCUT2D eigenvalue weighted by Gasteiger charge is 2.24. The fourth-order valence-electron chi connectivity index (χ4n) is 2.65. The molecule has 0 aromatic heterocycles. The average Bonchev–Trinajstić information content (AvgIpc) is 2.43. The zero-order chi connectivity index (χ0) is 15.4. The molecule has 0 N–H and O–H groups in total. The molecule has 1 aliphatic rings. The van der Waals surface area contributed by atoms with Gasteiger partial charge in [0.25, 0.3) is 0 Å². The van der Waals surface area contributed by atoms with Crippen LogP contribution < -0.4 is 4.74 Å². The van der Waals surface area contributed by atoms with Crippen molar-refractivity contribution in [1.29, 1.82) is 0 Å². The minimum Gasteiger partial charge on any atom is -0.491 e. The molecule has 1 unspecified atom stereocenters. The number of benzene rings is 1. The summed E-state index contributed by atoms with van der Waals surface area (Å²) in [4.78, 5) is 17.0. The molecule has 1 fully saturated rings. The number of carbonyl (C=O) groups excluding carboxylic acids is 1. The van der Waals surface area contributed by atoms with Gasteiger partial charge in [0.05, 0.1) is 6.10 Å². The summed E-state index contributed by atoms with van der Waals surface area (Å²) < 4.78 is 5.60. The van der Waals surface area contributed by atoms with Crippen molar-refractivity contribution in [3.05, 3.63) is 29.8 Å². The molecule has 0 bridgehead atoms. The van der Waals surface area contributed by atoms with E-state index in [1.54, 1.807) is 0 Å². The minimum absolute atomic E-state index is 0.151. The van der Waals surface area contributed by atoms with Crippen molar-refractivity contribution in [3.8, 4) is 5.75 Å². The Morgan fingerprint density at radius 1 is 1.24 bits per heavy atom. The summed E-state index contributed by atoms with van der Waals surface area (Å²) in [6.45, 7) is 7.04. The molecule has 0 saturated carbocycles. The van der Waals surface area contributed by atoms with E-state index in [4.69, 9.17) is 4.74 Å². The van der Waals surface area contributed by atoms with Gasteiger partial charge in [-0.05, 0) is 52.2 Å². The Morgan fingerprint density at radius 3 is 2.52 bits per heavy atom. The molecule has 1 heterocycles. The molecule has 2 rings (SSSR count). The number of carbonyl (C=O) groups is 1. The molecule has 0 radical (unpaired) electrons. The second-order valence-corrected chi connectivity index (χ2v) is 6.21. The van der Waals surface area contributed by atoms with Gasteiger partial charge in [0, 0.05) is 37.7 Å². The Bertz CT molecular complexity index is 470. The van der Waals surface area contributed by atoms with Crippen molar-refractivity contribution >= 4 is 5.78 Å². The Labute approximate surface area is 127 Å². The molecular weight excluding hydrogens is 264 g/mol. The van der Waals surface area contributed by atoms with Gasteiger partial charge in [-0.15, -0.1) is 0 Å². The maximum absolute atomic E-state index is 12.4. The fraction of sp³-hybridized carbons (Fsp3) is 0.588. The van der Waals surface area contributed by atoms with Crippen LogP contribution in [0.4, 0.5) is 0 Å². The predicted molar refractivity (Wildman–Crippen MR) is 85.1 cm³/mol. The summed E-state index contributed by atoms with van der Waals surface area (Å²) in [5, 5.41) is 0. The quantitative estimate of drug-likeness (QED) is 0.779. The van der Waals surface area contributed by atoms with Crippen molar-refractivity contribution in [3.63, 3.8) is 0 Å². The number of nitrogens with zero attached hydrogens (tertiary/aromatic N) is 2. The number of piperazine rings is 1. The topological polar surface area (TPSA) is 32.8 Å². The molecule has 116 valence electrons. The third kappa shape index (κ3) is 4.55. The lowest BCUT2D eigenvalue weighted by atomic mass is 10.0. The zero-order valence-corrected chi connectivity index (χ0v) is 13.5. The van der Waals surface area contributed by atoms with E-state index in [1.807, 2.05) is 38.1 Å². The van der Waals surface area contributed by atoms with Gasteiger partial charge in [-0.1, -0.05) is 0 Å². The molecule has 1 aromatic rings. The first-order chi connectivity index (χ1) is 9.95. The van der Waals surface area contributed by atoms with E-state index in [9.17, 15) is 4.79 Å². The van der Waals surface area contributed by atoms with Gasteiger partial charge in [0.1, 0.15) is 5.75 Å². The van der Waals surface area contributed by atoms with Crippen molar-refractivity contribution < 1.29 is 9.53 Å². The van der Waals surface area contributed by atoms with Gasteiger partial charge in [-0.25, -0.2) is 0 Å². The van der Waals surface area contributed by atoms with Gasteiger partial charge in [0.15, 0.2) is 5.78 Å². The summed E-state index contributed by atoms with van der Waals surface area (Å²) in [5.74, 6) is 1.02. The Hall–Kier alpha value is -1.39. The normalized spacial score (nSPS) is 20.7. The molecular formula is C17H26N2O2. The first kappa shape index (κ1) is 16.0. The summed E-state index contributed by atoms with van der Waals surface area (Å²) in [7, 11) is 4.22. The van der Waals surface area contributed by atoms with Crippen LogP contribution >= 0.6 is 0 Å². The van der Waals surface area contributed by atoms with Crippen molar-refractivity contribution in [2.24, 2.45) is 0 Å². The van der Waals surface area contributed by atoms with Gasteiger partial charge >= 0.3 is 0 Å². The SMILES string of the molecule is CC(C)Oc1ccc(C(=O)CC2CN(C)CCN2C)cc1. The van der Waals surface area contributed by atoms with Crippen molar-refractivity contribution in [2.45, 2.75) is 32.4 Å². The van der Waals surface area contributed by atoms with E-state index in [1.165, 1.54) is 0 Å². The lowest BCUT2D eigenvalue weighted by Gasteiger charge is -2.37. The molecule has 0 amide bonds. The van der Waals surface area contributed by atoms with Crippen LogP contribution in [0.1, 0.15) is 30.6 Å². The summed E-state index contributed by atoms with van der Waals surface area (Å²) in [5.41, 5.74) is 0.771. The molecule has 21 heavy (non-hydrogen) atoms. The minimum atomic E-state index is 0.151. The summed E-state index contributed by atoms with van der Waals surface area (Å²) >= 11 is 0. The molecule has 1 atom stereocenters. The van der Waals surface area contributed by atoms with Crippen LogP contribution in [0.3, 0.4) is 0 Å². The molecule has 0 aliphatic carbocycles. The number of Topliss-reactive ketones (excluding diaryl/α,β-unsaturated/α-hetero) is 1. The van der Waals surface area contributed by atoms with E-state index < -0.39 is 0 Å². The Kier molecular flexibility index (Phi) is 5.37. The van der Waals surface area contributed by atoms with E-state index in [2.05, 4.69) is 23.9 Å². The molecule has 0 spiro atoms. The standard InChI is InChI=1S/C17H26N2O2/c1-13(2)21-16-7-5-14(6-8-16)17(20)11-15-12-18(3)9-10-19(15)4/h5-8,13,15H,9-12H2,1-4H3. The van der Waals surface area contributed by atoms with Crippen LogP contribution in [0.25, 0.3) is 0 Å².